The van der Waals surface area contributed by atoms with Crippen LogP contribution in [0.1, 0.15) is 5.56 Å². The van der Waals surface area contributed by atoms with Crippen LogP contribution in [-0.2, 0) is 16.0 Å². The van der Waals surface area contributed by atoms with Crippen molar-refractivity contribution in [3.05, 3.63) is 59.9 Å². The molecule has 4 rings (SSSR count). The average Bonchev–Trinajstić information content (AvgIpc) is 3.06. The molecule has 1 amide bonds. The predicted molar refractivity (Wildman–Crippen MR) is 113 cm³/mol. The molecule has 1 aromatic heterocycles. The van der Waals surface area contributed by atoms with Crippen molar-refractivity contribution in [2.75, 3.05) is 39.4 Å². The lowest BCUT2D eigenvalue weighted by Crippen LogP contribution is -2.41. The molecule has 0 unspecified atom stereocenters. The van der Waals surface area contributed by atoms with E-state index in [0.717, 1.165) is 59.2 Å². The number of hydrogen-bond donors (Lipinski definition) is 2. The molecule has 152 valence electrons. The molecular weight excluding hydrogens is 389 g/mol. The third-order valence-corrected chi connectivity index (χ3v) is 6.02. The molecule has 0 saturated carbocycles. The van der Waals surface area contributed by atoms with Crippen molar-refractivity contribution >= 4 is 28.6 Å². The van der Waals surface area contributed by atoms with E-state index < -0.39 is 0 Å². The van der Waals surface area contributed by atoms with Gasteiger partial charge in [0.05, 0.1) is 24.7 Å². The summed E-state index contributed by atoms with van der Waals surface area (Å²) in [4.78, 5) is 19.1. The van der Waals surface area contributed by atoms with Gasteiger partial charge < -0.3 is 15.0 Å². The van der Waals surface area contributed by atoms with Gasteiger partial charge in [0, 0.05) is 47.5 Å². The fraction of sp³-hybridized carbons (Fsp3) is 0.318. The molecular formula is C22H24FN3O2S. The lowest BCUT2D eigenvalue weighted by molar-refractivity contribution is -0.120. The number of rotatable bonds is 7. The number of amides is 1. The Morgan fingerprint density at radius 1 is 1.17 bits per heavy atom. The van der Waals surface area contributed by atoms with Crippen molar-refractivity contribution in [3.63, 3.8) is 0 Å². The van der Waals surface area contributed by atoms with Gasteiger partial charge in [-0.3, -0.25) is 9.69 Å². The Kier molecular flexibility index (Phi) is 6.49. The van der Waals surface area contributed by atoms with Gasteiger partial charge in [-0.2, -0.15) is 0 Å². The lowest BCUT2D eigenvalue weighted by Gasteiger charge is -2.26. The van der Waals surface area contributed by atoms with E-state index in [2.05, 4.69) is 15.2 Å². The van der Waals surface area contributed by atoms with Crippen LogP contribution in [0, 0.1) is 5.82 Å². The number of nitrogens with one attached hydrogen (secondary N) is 2. The minimum Gasteiger partial charge on any atom is -0.379 e. The Morgan fingerprint density at radius 3 is 2.83 bits per heavy atom. The summed E-state index contributed by atoms with van der Waals surface area (Å²) in [5, 5.41) is 4.93. The molecule has 1 fully saturated rings. The molecule has 5 nitrogen and oxygen atoms in total. The van der Waals surface area contributed by atoms with Gasteiger partial charge in [0.1, 0.15) is 5.82 Å². The molecule has 3 aromatic rings. The zero-order valence-electron chi connectivity index (χ0n) is 16.1. The molecule has 29 heavy (non-hydrogen) atoms. The molecule has 0 radical (unpaired) electrons. The van der Waals surface area contributed by atoms with Crippen LogP contribution in [0.2, 0.25) is 0 Å². The number of aromatic amines is 1. The van der Waals surface area contributed by atoms with E-state index in [4.69, 9.17) is 4.74 Å². The molecule has 1 aliphatic rings. The average molecular weight is 414 g/mol. The van der Waals surface area contributed by atoms with E-state index in [9.17, 15) is 9.18 Å². The SMILES string of the molecule is O=C(Cc1c(Sc2cccc(F)c2)[nH]c2ccccc12)NCCN1CCOCC1. The van der Waals surface area contributed by atoms with Crippen LogP contribution in [0.15, 0.2) is 58.5 Å². The molecule has 1 saturated heterocycles. The molecule has 2 heterocycles. The maximum absolute atomic E-state index is 13.6. The van der Waals surface area contributed by atoms with Gasteiger partial charge in [0.2, 0.25) is 5.91 Å². The highest BCUT2D eigenvalue weighted by atomic mass is 32.2. The highest BCUT2D eigenvalue weighted by Gasteiger charge is 2.16. The maximum Gasteiger partial charge on any atom is 0.224 e. The number of carbonyl (C=O) groups excluding carboxylic acids is 1. The van der Waals surface area contributed by atoms with Gasteiger partial charge in [0.15, 0.2) is 0 Å². The van der Waals surface area contributed by atoms with Crippen LogP contribution < -0.4 is 5.32 Å². The van der Waals surface area contributed by atoms with E-state index >= 15 is 0 Å². The largest absolute Gasteiger partial charge is 0.379 e. The van der Waals surface area contributed by atoms with E-state index in [1.165, 1.54) is 23.9 Å². The van der Waals surface area contributed by atoms with Crippen LogP contribution in [0.3, 0.4) is 0 Å². The standard InChI is InChI=1S/C22H24FN3O2S/c23-16-4-3-5-17(14-16)29-22-19(18-6-1-2-7-20(18)25-22)15-21(27)24-8-9-26-10-12-28-13-11-26/h1-7,14,25H,8-13,15H2,(H,24,27). The second-order valence-corrected chi connectivity index (χ2v) is 8.10. The van der Waals surface area contributed by atoms with Crippen molar-refractivity contribution in [1.29, 1.82) is 0 Å². The van der Waals surface area contributed by atoms with Gasteiger partial charge in [0.25, 0.3) is 0 Å². The summed E-state index contributed by atoms with van der Waals surface area (Å²) in [5.41, 5.74) is 1.92. The third kappa shape index (κ3) is 5.18. The Bertz CT molecular complexity index is 985. The van der Waals surface area contributed by atoms with Crippen molar-refractivity contribution in [2.45, 2.75) is 16.3 Å². The highest BCUT2D eigenvalue weighted by molar-refractivity contribution is 7.99. The summed E-state index contributed by atoms with van der Waals surface area (Å²) in [7, 11) is 0. The molecule has 0 spiro atoms. The quantitative estimate of drug-likeness (QED) is 0.623. The van der Waals surface area contributed by atoms with Crippen LogP contribution >= 0.6 is 11.8 Å². The smallest absolute Gasteiger partial charge is 0.224 e. The third-order valence-electron chi connectivity index (χ3n) is 4.98. The fourth-order valence-corrected chi connectivity index (χ4v) is 4.51. The van der Waals surface area contributed by atoms with Crippen molar-refractivity contribution in [1.82, 2.24) is 15.2 Å². The van der Waals surface area contributed by atoms with Crippen LogP contribution in [0.4, 0.5) is 4.39 Å². The zero-order valence-corrected chi connectivity index (χ0v) is 16.9. The topological polar surface area (TPSA) is 57.4 Å². The molecule has 7 heteroatoms. The minimum absolute atomic E-state index is 0.0101. The summed E-state index contributed by atoms with van der Waals surface area (Å²) in [6.45, 7) is 4.77. The number of morpholine rings is 1. The summed E-state index contributed by atoms with van der Waals surface area (Å²) >= 11 is 1.45. The summed E-state index contributed by atoms with van der Waals surface area (Å²) in [6.07, 6.45) is 0.283. The number of para-hydroxylation sites is 1. The second-order valence-electron chi connectivity index (χ2n) is 7.02. The van der Waals surface area contributed by atoms with E-state index in [0.29, 0.717) is 6.54 Å². The second kappa shape index (κ2) is 9.43. The number of fused-ring (bicyclic) bond motifs is 1. The number of carbonyl (C=O) groups is 1. The highest BCUT2D eigenvalue weighted by Crippen LogP contribution is 2.34. The molecule has 1 aliphatic heterocycles. The minimum atomic E-state index is -0.270. The van der Waals surface area contributed by atoms with E-state index in [1.807, 2.05) is 30.3 Å². The van der Waals surface area contributed by atoms with E-state index in [-0.39, 0.29) is 18.1 Å². The Morgan fingerprint density at radius 2 is 2.00 bits per heavy atom. The predicted octanol–water partition coefficient (Wildman–Crippen LogP) is 3.45. The van der Waals surface area contributed by atoms with Gasteiger partial charge >= 0.3 is 0 Å². The number of nitrogens with zero attached hydrogens (tertiary/aromatic N) is 1. The Hall–Kier alpha value is -2.35. The summed E-state index contributed by atoms with van der Waals surface area (Å²) < 4.78 is 18.9. The first kappa shape index (κ1) is 19.9. The van der Waals surface area contributed by atoms with Gasteiger partial charge in [-0.1, -0.05) is 36.0 Å². The Balaban J connectivity index is 1.45. The lowest BCUT2D eigenvalue weighted by atomic mass is 10.1. The van der Waals surface area contributed by atoms with Crippen LogP contribution in [-0.4, -0.2) is 55.2 Å². The van der Waals surface area contributed by atoms with Gasteiger partial charge in [-0.15, -0.1) is 0 Å². The first-order valence-electron chi connectivity index (χ1n) is 9.79. The normalized spacial score (nSPS) is 14.9. The first-order valence-corrected chi connectivity index (χ1v) is 10.6. The molecule has 0 bridgehead atoms. The Labute approximate surface area is 173 Å². The number of ether oxygens (including phenoxy) is 1. The number of benzene rings is 2. The molecule has 2 aromatic carbocycles. The first-order chi connectivity index (χ1) is 14.2. The van der Waals surface area contributed by atoms with Crippen molar-refractivity contribution < 1.29 is 13.9 Å². The number of aromatic nitrogens is 1. The number of halogens is 1. The zero-order chi connectivity index (χ0) is 20.1. The van der Waals surface area contributed by atoms with Gasteiger partial charge in [-0.25, -0.2) is 4.39 Å². The summed E-state index contributed by atoms with van der Waals surface area (Å²) in [6, 6.07) is 14.4. The molecule has 2 N–H and O–H groups in total. The van der Waals surface area contributed by atoms with Crippen LogP contribution in [0.25, 0.3) is 10.9 Å². The number of H-pyrrole nitrogens is 1. The summed E-state index contributed by atoms with van der Waals surface area (Å²) in [5.74, 6) is -0.280. The molecule has 0 atom stereocenters. The van der Waals surface area contributed by atoms with Gasteiger partial charge in [-0.05, 0) is 24.3 Å². The van der Waals surface area contributed by atoms with Crippen LogP contribution in [0.5, 0.6) is 0 Å². The number of hydrogen-bond acceptors (Lipinski definition) is 4. The maximum atomic E-state index is 13.6. The monoisotopic (exact) mass is 413 g/mol. The van der Waals surface area contributed by atoms with Crippen molar-refractivity contribution in [2.24, 2.45) is 0 Å². The fourth-order valence-electron chi connectivity index (χ4n) is 3.49. The van der Waals surface area contributed by atoms with E-state index in [1.54, 1.807) is 6.07 Å². The molecule has 0 aliphatic carbocycles. The van der Waals surface area contributed by atoms with Crippen molar-refractivity contribution in [3.8, 4) is 0 Å².